The molecular formula is C20H26N2O5S. The largest absolute Gasteiger partial charge is 0.497 e. The van der Waals surface area contributed by atoms with Gasteiger partial charge in [-0.25, -0.2) is 8.42 Å². The van der Waals surface area contributed by atoms with E-state index in [0.29, 0.717) is 5.75 Å². The fourth-order valence-corrected chi connectivity index (χ4v) is 3.64. The van der Waals surface area contributed by atoms with Crippen LogP contribution in [-0.2, 0) is 14.8 Å². The molecular weight excluding hydrogens is 380 g/mol. The number of para-hydroxylation sites is 1. The molecule has 2 aromatic carbocycles. The molecule has 1 N–H and O–H groups in total. The van der Waals surface area contributed by atoms with Crippen LogP contribution in [0, 0.1) is 6.92 Å². The van der Waals surface area contributed by atoms with E-state index in [2.05, 4.69) is 5.32 Å². The minimum Gasteiger partial charge on any atom is -0.497 e. The van der Waals surface area contributed by atoms with E-state index in [1.54, 1.807) is 19.1 Å². The molecule has 0 bridgehead atoms. The number of carbonyl (C=O) groups is 1. The lowest BCUT2D eigenvalue weighted by Crippen LogP contribution is -2.43. The van der Waals surface area contributed by atoms with E-state index in [1.165, 1.54) is 26.3 Å². The number of likely N-dealkylation sites (N-methyl/N-ethyl adjacent to an activating group) is 1. The van der Waals surface area contributed by atoms with Gasteiger partial charge in [-0.2, -0.15) is 4.31 Å². The third-order valence-electron chi connectivity index (χ3n) is 4.12. The topological polar surface area (TPSA) is 84.9 Å². The molecule has 0 spiro atoms. The minimum atomic E-state index is -3.77. The number of nitrogens with zero attached hydrogens (tertiary/aromatic N) is 1. The fourth-order valence-electron chi connectivity index (χ4n) is 2.51. The van der Waals surface area contributed by atoms with Gasteiger partial charge in [0.2, 0.25) is 15.9 Å². The highest BCUT2D eigenvalue weighted by Crippen LogP contribution is 2.18. The highest BCUT2D eigenvalue weighted by molar-refractivity contribution is 7.89. The molecule has 0 saturated carbocycles. The van der Waals surface area contributed by atoms with Crippen LogP contribution in [0.3, 0.4) is 0 Å². The average Bonchev–Trinajstić information content (AvgIpc) is 2.67. The van der Waals surface area contributed by atoms with Gasteiger partial charge in [0, 0.05) is 7.05 Å². The summed E-state index contributed by atoms with van der Waals surface area (Å²) in [5.41, 5.74) is 1.01. The van der Waals surface area contributed by atoms with Crippen molar-refractivity contribution in [1.29, 1.82) is 0 Å². The van der Waals surface area contributed by atoms with E-state index in [1.807, 2.05) is 31.2 Å². The van der Waals surface area contributed by atoms with Crippen LogP contribution in [0.4, 0.5) is 0 Å². The van der Waals surface area contributed by atoms with Crippen molar-refractivity contribution < 1.29 is 22.7 Å². The second-order valence-corrected chi connectivity index (χ2v) is 8.53. The number of carbonyl (C=O) groups excluding carboxylic acids is 1. The smallest absolute Gasteiger partial charge is 0.243 e. The zero-order valence-corrected chi connectivity index (χ0v) is 17.3. The summed E-state index contributed by atoms with van der Waals surface area (Å²) in [6, 6.07) is 13.3. The van der Waals surface area contributed by atoms with E-state index < -0.39 is 15.9 Å². The van der Waals surface area contributed by atoms with E-state index in [4.69, 9.17) is 9.47 Å². The van der Waals surface area contributed by atoms with Gasteiger partial charge in [-0.1, -0.05) is 18.2 Å². The number of nitrogens with one attached hydrogen (secondary N) is 1. The third-order valence-corrected chi connectivity index (χ3v) is 5.94. The summed E-state index contributed by atoms with van der Waals surface area (Å²) >= 11 is 0. The molecule has 28 heavy (non-hydrogen) atoms. The zero-order chi connectivity index (χ0) is 20.7. The monoisotopic (exact) mass is 406 g/mol. The summed E-state index contributed by atoms with van der Waals surface area (Å²) in [4.78, 5) is 12.3. The van der Waals surface area contributed by atoms with Gasteiger partial charge < -0.3 is 14.8 Å². The highest BCUT2D eigenvalue weighted by Gasteiger charge is 2.23. The van der Waals surface area contributed by atoms with Gasteiger partial charge in [-0.05, 0) is 49.7 Å². The Bertz CT molecular complexity index is 897. The molecule has 0 aliphatic heterocycles. The Hall–Kier alpha value is -2.58. The predicted octanol–water partition coefficient (Wildman–Crippen LogP) is 2.21. The SMILES string of the molecule is COc1ccc(S(=O)(=O)N(C)CC(=O)N[C@@H](C)COc2ccccc2C)cc1. The number of amides is 1. The van der Waals surface area contributed by atoms with Crippen LogP contribution in [0.5, 0.6) is 11.5 Å². The molecule has 0 aliphatic carbocycles. The lowest BCUT2D eigenvalue weighted by atomic mass is 10.2. The molecule has 1 amide bonds. The van der Waals surface area contributed by atoms with Gasteiger partial charge in [-0.15, -0.1) is 0 Å². The van der Waals surface area contributed by atoms with Crippen molar-refractivity contribution in [3.63, 3.8) is 0 Å². The molecule has 152 valence electrons. The van der Waals surface area contributed by atoms with Crippen molar-refractivity contribution in [3.05, 3.63) is 54.1 Å². The molecule has 0 unspecified atom stereocenters. The van der Waals surface area contributed by atoms with Crippen LogP contribution in [0.25, 0.3) is 0 Å². The van der Waals surface area contributed by atoms with Crippen molar-refractivity contribution in [2.24, 2.45) is 0 Å². The Morgan fingerprint density at radius 3 is 2.39 bits per heavy atom. The maximum Gasteiger partial charge on any atom is 0.243 e. The first kappa shape index (κ1) is 21.7. The summed E-state index contributed by atoms with van der Waals surface area (Å²) in [6.45, 7) is 3.74. The fraction of sp³-hybridized carbons (Fsp3) is 0.350. The number of methoxy groups -OCH3 is 1. The normalized spacial score (nSPS) is 12.5. The number of benzene rings is 2. The highest BCUT2D eigenvalue weighted by atomic mass is 32.2. The number of ether oxygens (including phenoxy) is 2. The number of hydrogen-bond acceptors (Lipinski definition) is 5. The molecule has 1 atom stereocenters. The number of rotatable bonds is 9. The second-order valence-electron chi connectivity index (χ2n) is 6.48. The summed E-state index contributed by atoms with van der Waals surface area (Å²) in [5, 5.41) is 2.75. The Labute approximate surface area is 166 Å². The van der Waals surface area contributed by atoms with Crippen LogP contribution < -0.4 is 14.8 Å². The lowest BCUT2D eigenvalue weighted by molar-refractivity contribution is -0.121. The van der Waals surface area contributed by atoms with Crippen molar-refractivity contribution in [1.82, 2.24) is 9.62 Å². The first-order chi connectivity index (χ1) is 13.2. The molecule has 7 nitrogen and oxygen atoms in total. The van der Waals surface area contributed by atoms with E-state index in [0.717, 1.165) is 15.6 Å². The van der Waals surface area contributed by atoms with E-state index in [-0.39, 0.29) is 24.1 Å². The average molecular weight is 407 g/mol. The standard InChI is InChI=1S/C20H26N2O5S/c1-15-7-5-6-8-19(15)27-14-16(2)21-20(23)13-22(3)28(24,25)18-11-9-17(26-4)10-12-18/h5-12,16H,13-14H2,1-4H3,(H,21,23)/t16-/m0/s1. The van der Waals surface area contributed by atoms with Gasteiger partial charge in [0.15, 0.2) is 0 Å². The van der Waals surface area contributed by atoms with Crippen LogP contribution in [-0.4, -0.2) is 52.0 Å². The first-order valence-corrected chi connectivity index (χ1v) is 10.3. The molecule has 0 heterocycles. The maximum absolute atomic E-state index is 12.6. The summed E-state index contributed by atoms with van der Waals surface area (Å²) in [7, 11) is -0.897. The van der Waals surface area contributed by atoms with E-state index in [9.17, 15) is 13.2 Å². The van der Waals surface area contributed by atoms with Crippen LogP contribution in [0.15, 0.2) is 53.4 Å². The molecule has 0 aliphatic rings. The van der Waals surface area contributed by atoms with Crippen molar-refractivity contribution >= 4 is 15.9 Å². The van der Waals surface area contributed by atoms with Gasteiger partial charge in [0.25, 0.3) is 0 Å². The lowest BCUT2D eigenvalue weighted by Gasteiger charge is -2.20. The number of aryl methyl sites for hydroxylation is 1. The quantitative estimate of drug-likeness (QED) is 0.690. The van der Waals surface area contributed by atoms with Crippen LogP contribution >= 0.6 is 0 Å². The van der Waals surface area contributed by atoms with Crippen LogP contribution in [0.1, 0.15) is 12.5 Å². The van der Waals surface area contributed by atoms with Crippen molar-refractivity contribution in [2.45, 2.75) is 24.8 Å². The van der Waals surface area contributed by atoms with Gasteiger partial charge in [0.1, 0.15) is 18.1 Å². The summed E-state index contributed by atoms with van der Waals surface area (Å²) in [6.07, 6.45) is 0. The van der Waals surface area contributed by atoms with Crippen molar-refractivity contribution in [3.8, 4) is 11.5 Å². The molecule has 0 saturated heterocycles. The molecule has 2 rings (SSSR count). The summed E-state index contributed by atoms with van der Waals surface area (Å²) < 4.78 is 36.9. The molecule has 0 fully saturated rings. The molecule has 2 aromatic rings. The van der Waals surface area contributed by atoms with Crippen LogP contribution in [0.2, 0.25) is 0 Å². The Morgan fingerprint density at radius 1 is 1.14 bits per heavy atom. The third kappa shape index (κ3) is 5.71. The number of sulfonamides is 1. The molecule has 0 aromatic heterocycles. The van der Waals surface area contributed by atoms with Gasteiger partial charge >= 0.3 is 0 Å². The van der Waals surface area contributed by atoms with Crippen molar-refractivity contribution in [2.75, 3.05) is 27.3 Å². The maximum atomic E-state index is 12.6. The first-order valence-electron chi connectivity index (χ1n) is 8.82. The zero-order valence-electron chi connectivity index (χ0n) is 16.5. The Kier molecular flexibility index (Phi) is 7.42. The van der Waals surface area contributed by atoms with Gasteiger partial charge in [-0.3, -0.25) is 4.79 Å². The van der Waals surface area contributed by atoms with Gasteiger partial charge in [0.05, 0.1) is 24.6 Å². The summed E-state index contributed by atoms with van der Waals surface area (Å²) in [5.74, 6) is 0.907. The Morgan fingerprint density at radius 2 is 1.79 bits per heavy atom. The Balaban J connectivity index is 1.89. The molecule has 8 heteroatoms. The van der Waals surface area contributed by atoms with E-state index >= 15 is 0 Å². The number of hydrogen-bond donors (Lipinski definition) is 1. The predicted molar refractivity (Wildman–Crippen MR) is 107 cm³/mol. The minimum absolute atomic E-state index is 0.0968. The second kappa shape index (κ2) is 9.57. The molecule has 0 radical (unpaired) electrons.